The summed E-state index contributed by atoms with van der Waals surface area (Å²) in [5, 5.41) is 9.09. The number of ether oxygens (including phenoxy) is 3. The molecule has 0 saturated carbocycles. The number of aliphatic hydroxyl groups is 1. The van der Waals surface area contributed by atoms with Crippen LogP contribution in [0.2, 0.25) is 0 Å². The van der Waals surface area contributed by atoms with Crippen LogP contribution >= 0.6 is 0 Å². The van der Waals surface area contributed by atoms with E-state index < -0.39 is 6.04 Å². The van der Waals surface area contributed by atoms with Crippen molar-refractivity contribution >= 4 is 0 Å². The van der Waals surface area contributed by atoms with Gasteiger partial charge in [0.15, 0.2) is 11.5 Å². The molecule has 0 aromatic heterocycles. The molecule has 5 heteroatoms. The van der Waals surface area contributed by atoms with E-state index in [-0.39, 0.29) is 13.4 Å². The van der Waals surface area contributed by atoms with Crippen molar-refractivity contribution in [1.82, 2.24) is 0 Å². The highest BCUT2D eigenvalue weighted by molar-refractivity contribution is 5.49. The number of hydrogen-bond donors (Lipinski definition) is 2. The predicted octanol–water partition coefficient (Wildman–Crippen LogP) is 0.554. The van der Waals surface area contributed by atoms with Gasteiger partial charge >= 0.3 is 0 Å². The number of rotatable bonds is 4. The van der Waals surface area contributed by atoms with Gasteiger partial charge in [0, 0.05) is 7.11 Å². The zero-order valence-corrected chi connectivity index (χ0v) is 9.10. The highest BCUT2D eigenvalue weighted by Gasteiger charge is 2.19. The van der Waals surface area contributed by atoms with Crippen molar-refractivity contribution in [1.29, 1.82) is 0 Å². The molecule has 1 aromatic carbocycles. The molecule has 0 bridgehead atoms. The number of nitrogens with two attached hydrogens (primary N) is 1. The second-order valence-corrected chi connectivity index (χ2v) is 3.63. The van der Waals surface area contributed by atoms with Crippen LogP contribution in [0.5, 0.6) is 11.5 Å². The minimum absolute atomic E-state index is 0.115. The summed E-state index contributed by atoms with van der Waals surface area (Å²) >= 11 is 0. The van der Waals surface area contributed by atoms with Crippen LogP contribution in [0.3, 0.4) is 0 Å². The fourth-order valence-corrected chi connectivity index (χ4v) is 1.72. The van der Waals surface area contributed by atoms with E-state index in [0.29, 0.717) is 18.1 Å². The summed E-state index contributed by atoms with van der Waals surface area (Å²) < 4.78 is 15.6. The van der Waals surface area contributed by atoms with Crippen molar-refractivity contribution in [3.63, 3.8) is 0 Å². The molecule has 1 aromatic rings. The van der Waals surface area contributed by atoms with Crippen LogP contribution < -0.4 is 15.2 Å². The third-order valence-corrected chi connectivity index (χ3v) is 2.53. The monoisotopic (exact) mass is 225 g/mol. The van der Waals surface area contributed by atoms with Gasteiger partial charge in [-0.1, -0.05) is 0 Å². The van der Waals surface area contributed by atoms with Crippen LogP contribution in [0, 0.1) is 0 Å². The lowest BCUT2D eigenvalue weighted by Crippen LogP contribution is -2.16. The van der Waals surface area contributed by atoms with Gasteiger partial charge in [-0.05, 0) is 23.3 Å². The van der Waals surface area contributed by atoms with Gasteiger partial charge in [-0.3, -0.25) is 0 Å². The van der Waals surface area contributed by atoms with Crippen LogP contribution in [0.1, 0.15) is 17.2 Å². The van der Waals surface area contributed by atoms with Crippen molar-refractivity contribution in [3.8, 4) is 11.5 Å². The van der Waals surface area contributed by atoms with Crippen LogP contribution in [0.4, 0.5) is 0 Å². The Labute approximate surface area is 93.7 Å². The first-order chi connectivity index (χ1) is 7.76. The number of aliphatic hydroxyl groups excluding tert-OH is 1. The Kier molecular flexibility index (Phi) is 3.28. The maximum Gasteiger partial charge on any atom is 0.231 e. The third-order valence-electron chi connectivity index (χ3n) is 2.53. The summed E-state index contributed by atoms with van der Waals surface area (Å²) in [5.41, 5.74) is 7.56. The van der Waals surface area contributed by atoms with Crippen molar-refractivity contribution in [2.45, 2.75) is 12.6 Å². The van der Waals surface area contributed by atoms with Crippen molar-refractivity contribution in [2.75, 3.05) is 20.5 Å². The minimum Gasteiger partial charge on any atom is -0.454 e. The minimum atomic E-state index is -0.431. The summed E-state index contributed by atoms with van der Waals surface area (Å²) in [7, 11) is 1.61. The second-order valence-electron chi connectivity index (χ2n) is 3.63. The maximum absolute atomic E-state index is 9.09. The van der Waals surface area contributed by atoms with Gasteiger partial charge in [0.25, 0.3) is 0 Å². The van der Waals surface area contributed by atoms with E-state index in [4.69, 9.17) is 25.1 Å². The van der Waals surface area contributed by atoms with Crippen LogP contribution in [-0.4, -0.2) is 25.6 Å². The lowest BCUT2D eigenvalue weighted by atomic mass is 10.0. The first-order valence-electron chi connectivity index (χ1n) is 5.04. The topological polar surface area (TPSA) is 73.9 Å². The molecule has 0 amide bonds. The van der Waals surface area contributed by atoms with Gasteiger partial charge < -0.3 is 25.1 Å². The molecule has 0 aliphatic carbocycles. The van der Waals surface area contributed by atoms with E-state index in [2.05, 4.69) is 0 Å². The third kappa shape index (κ3) is 1.97. The Balaban J connectivity index is 2.40. The summed E-state index contributed by atoms with van der Waals surface area (Å²) in [6.07, 6.45) is 0. The molecule has 1 atom stereocenters. The fourth-order valence-electron chi connectivity index (χ4n) is 1.72. The van der Waals surface area contributed by atoms with Gasteiger partial charge in [-0.2, -0.15) is 0 Å². The van der Waals surface area contributed by atoms with Gasteiger partial charge in [0.1, 0.15) is 0 Å². The van der Waals surface area contributed by atoms with Crippen LogP contribution in [0.25, 0.3) is 0 Å². The first-order valence-corrected chi connectivity index (χ1v) is 5.04. The molecule has 0 fully saturated rings. The van der Waals surface area contributed by atoms with E-state index >= 15 is 0 Å². The van der Waals surface area contributed by atoms with E-state index in [0.717, 1.165) is 11.1 Å². The molecule has 0 spiro atoms. The molecular weight excluding hydrogens is 210 g/mol. The average Bonchev–Trinajstić information content (AvgIpc) is 2.74. The smallest absolute Gasteiger partial charge is 0.231 e. The summed E-state index contributed by atoms with van der Waals surface area (Å²) in [4.78, 5) is 0. The van der Waals surface area contributed by atoms with E-state index in [9.17, 15) is 0 Å². The predicted molar refractivity (Wildman–Crippen MR) is 57.3 cm³/mol. The Morgan fingerprint density at radius 1 is 1.44 bits per heavy atom. The fraction of sp³-hybridized carbons (Fsp3) is 0.455. The molecule has 3 N–H and O–H groups in total. The number of benzene rings is 1. The molecule has 5 nitrogen and oxygen atoms in total. The summed E-state index contributed by atoms with van der Waals surface area (Å²) in [6.45, 7) is 0.537. The molecule has 88 valence electrons. The standard InChI is InChI=1S/C11H15NO4/c1-14-5-7-2-10-11(16-6-15-10)3-8(7)9(12)4-13/h2-3,9,13H,4-6,12H2,1H3. The molecule has 1 heterocycles. The highest BCUT2D eigenvalue weighted by atomic mass is 16.7. The Hall–Kier alpha value is -1.30. The Morgan fingerprint density at radius 2 is 2.12 bits per heavy atom. The largest absolute Gasteiger partial charge is 0.454 e. The summed E-state index contributed by atoms with van der Waals surface area (Å²) in [6, 6.07) is 3.22. The first kappa shape index (κ1) is 11.2. The Morgan fingerprint density at radius 3 is 2.75 bits per heavy atom. The molecule has 1 unspecified atom stereocenters. The lowest BCUT2D eigenvalue weighted by molar-refractivity contribution is 0.173. The molecule has 2 rings (SSSR count). The van der Waals surface area contributed by atoms with E-state index in [1.54, 1.807) is 13.2 Å². The molecular formula is C11H15NO4. The van der Waals surface area contributed by atoms with Gasteiger partial charge in [0.2, 0.25) is 6.79 Å². The normalized spacial score (nSPS) is 15.2. The van der Waals surface area contributed by atoms with Crippen molar-refractivity contribution < 1.29 is 19.3 Å². The molecule has 16 heavy (non-hydrogen) atoms. The molecule has 0 radical (unpaired) electrons. The highest BCUT2D eigenvalue weighted by Crippen LogP contribution is 2.36. The summed E-state index contributed by atoms with van der Waals surface area (Å²) in [5.74, 6) is 1.36. The number of methoxy groups -OCH3 is 1. The van der Waals surface area contributed by atoms with Crippen molar-refractivity contribution in [3.05, 3.63) is 23.3 Å². The molecule has 1 aliphatic rings. The van der Waals surface area contributed by atoms with Crippen LogP contribution in [-0.2, 0) is 11.3 Å². The van der Waals surface area contributed by atoms with Gasteiger partial charge in [0.05, 0.1) is 19.3 Å². The SMILES string of the molecule is COCc1cc2c(cc1C(N)CO)OCO2. The maximum atomic E-state index is 9.09. The van der Waals surface area contributed by atoms with E-state index in [1.807, 2.05) is 6.07 Å². The average molecular weight is 225 g/mol. The second kappa shape index (κ2) is 4.69. The molecule has 1 aliphatic heterocycles. The molecule has 0 saturated heterocycles. The quantitative estimate of drug-likeness (QED) is 0.783. The van der Waals surface area contributed by atoms with Gasteiger partial charge in [-0.15, -0.1) is 0 Å². The number of hydrogen-bond acceptors (Lipinski definition) is 5. The van der Waals surface area contributed by atoms with E-state index in [1.165, 1.54) is 0 Å². The zero-order chi connectivity index (χ0) is 11.5. The zero-order valence-electron chi connectivity index (χ0n) is 9.10. The Bertz CT molecular complexity index is 380. The number of fused-ring (bicyclic) bond motifs is 1. The lowest BCUT2D eigenvalue weighted by Gasteiger charge is -2.14. The van der Waals surface area contributed by atoms with Crippen LogP contribution in [0.15, 0.2) is 12.1 Å². The van der Waals surface area contributed by atoms with Crippen molar-refractivity contribution in [2.24, 2.45) is 5.73 Å². The van der Waals surface area contributed by atoms with Gasteiger partial charge in [-0.25, -0.2) is 0 Å².